The fraction of sp³-hybridized carbons (Fsp3) is 0.286. The fourth-order valence-electron chi connectivity index (χ4n) is 4.81. The van der Waals surface area contributed by atoms with Crippen LogP contribution in [-0.2, 0) is 7.05 Å². The van der Waals surface area contributed by atoms with Crippen LogP contribution in [0.4, 0.5) is 11.4 Å². The van der Waals surface area contributed by atoms with Crippen molar-refractivity contribution >= 4 is 40.5 Å². The minimum Gasteiger partial charge on any atom is -0.368 e. The van der Waals surface area contributed by atoms with Crippen LogP contribution in [0.25, 0.3) is 22.8 Å². The van der Waals surface area contributed by atoms with Gasteiger partial charge in [0.1, 0.15) is 5.82 Å². The van der Waals surface area contributed by atoms with Gasteiger partial charge in [-0.15, -0.1) is 0 Å². The van der Waals surface area contributed by atoms with Gasteiger partial charge in [0.15, 0.2) is 0 Å². The summed E-state index contributed by atoms with van der Waals surface area (Å²) in [5, 5.41) is 3.90. The molecule has 0 saturated carbocycles. The summed E-state index contributed by atoms with van der Waals surface area (Å²) in [4.78, 5) is 25.7. The molecule has 0 aliphatic carbocycles. The number of halogens is 2. The van der Waals surface area contributed by atoms with Crippen molar-refractivity contribution in [2.24, 2.45) is 7.05 Å². The Bertz CT molecular complexity index is 1430. The summed E-state index contributed by atoms with van der Waals surface area (Å²) in [6.07, 6.45) is 3.75. The van der Waals surface area contributed by atoms with Gasteiger partial charge >= 0.3 is 0 Å². The van der Waals surface area contributed by atoms with Gasteiger partial charge in [-0.25, -0.2) is 4.98 Å². The standard InChI is InChI=1S/C28H30Cl2N6O/c1-17-15-36(16-18(2)35(17)4)20-8-9-21(24(30)13-20)28(37)32-19-7-10-23(29)22(12-19)27-31-14-25(33-27)26-6-5-11-34(26)3/h5-14,17-18H,15-16H2,1-4H3,(H,31,33)(H,32,37)/t17-,18+. The summed E-state index contributed by atoms with van der Waals surface area (Å²) in [7, 11) is 4.13. The monoisotopic (exact) mass is 536 g/mol. The molecule has 7 nitrogen and oxygen atoms in total. The van der Waals surface area contributed by atoms with Crippen LogP contribution in [-0.4, -0.2) is 57.6 Å². The SMILES string of the molecule is C[C@@H]1CN(c2ccc(C(=O)Nc3ccc(Cl)c(-c4ncc(-c5cccn5C)[nH]4)c3)c(Cl)c2)C[C@H](C)N1C. The number of likely N-dealkylation sites (N-methyl/N-ethyl adjacent to an activating group) is 1. The van der Waals surface area contributed by atoms with Crippen molar-refractivity contribution in [1.29, 1.82) is 0 Å². The highest BCUT2D eigenvalue weighted by Gasteiger charge is 2.27. The van der Waals surface area contributed by atoms with Gasteiger partial charge < -0.3 is 19.8 Å². The lowest BCUT2D eigenvalue weighted by Gasteiger charge is -2.43. The molecule has 1 fully saturated rings. The van der Waals surface area contributed by atoms with E-state index in [1.807, 2.05) is 48.1 Å². The number of aromatic nitrogens is 3. The van der Waals surface area contributed by atoms with E-state index in [4.69, 9.17) is 23.2 Å². The van der Waals surface area contributed by atoms with Crippen molar-refractivity contribution in [1.82, 2.24) is 19.4 Å². The first-order valence-corrected chi connectivity index (χ1v) is 13.0. The minimum atomic E-state index is -0.283. The normalized spacial score (nSPS) is 18.3. The van der Waals surface area contributed by atoms with Gasteiger partial charge in [0.05, 0.1) is 33.2 Å². The molecule has 0 unspecified atom stereocenters. The number of anilines is 2. The Kier molecular flexibility index (Phi) is 7.03. The molecule has 3 heterocycles. The van der Waals surface area contributed by atoms with Crippen LogP contribution in [0.3, 0.4) is 0 Å². The van der Waals surface area contributed by atoms with Crippen molar-refractivity contribution in [2.45, 2.75) is 25.9 Å². The average Bonchev–Trinajstić information content (AvgIpc) is 3.52. The highest BCUT2D eigenvalue weighted by atomic mass is 35.5. The lowest BCUT2D eigenvalue weighted by atomic mass is 10.1. The zero-order valence-electron chi connectivity index (χ0n) is 21.3. The summed E-state index contributed by atoms with van der Waals surface area (Å²) in [6.45, 7) is 6.26. The molecule has 2 aromatic carbocycles. The molecule has 1 aliphatic rings. The largest absolute Gasteiger partial charge is 0.368 e. The number of nitrogens with one attached hydrogen (secondary N) is 2. The summed E-state index contributed by atoms with van der Waals surface area (Å²) >= 11 is 13.1. The number of hydrogen-bond donors (Lipinski definition) is 2. The number of aryl methyl sites for hydroxylation is 1. The number of nitrogens with zero attached hydrogens (tertiary/aromatic N) is 4. The number of hydrogen-bond acceptors (Lipinski definition) is 4. The molecule has 0 spiro atoms. The molecule has 192 valence electrons. The van der Waals surface area contributed by atoms with Crippen molar-refractivity contribution < 1.29 is 4.79 Å². The molecule has 1 saturated heterocycles. The van der Waals surface area contributed by atoms with Crippen molar-refractivity contribution in [2.75, 3.05) is 30.4 Å². The molecule has 1 aliphatic heterocycles. The first kappa shape index (κ1) is 25.4. The molecule has 2 N–H and O–H groups in total. The second kappa shape index (κ2) is 10.2. The Morgan fingerprint density at radius 2 is 1.78 bits per heavy atom. The topological polar surface area (TPSA) is 69.2 Å². The van der Waals surface area contributed by atoms with E-state index in [1.54, 1.807) is 24.4 Å². The quantitative estimate of drug-likeness (QED) is 0.320. The molecule has 2 aromatic heterocycles. The van der Waals surface area contributed by atoms with Crippen LogP contribution in [0.5, 0.6) is 0 Å². The average molecular weight is 537 g/mol. The van der Waals surface area contributed by atoms with E-state index in [1.165, 1.54) is 0 Å². The number of rotatable bonds is 5. The van der Waals surface area contributed by atoms with Crippen LogP contribution in [0.15, 0.2) is 60.9 Å². The van der Waals surface area contributed by atoms with Gasteiger partial charge in [-0.1, -0.05) is 23.2 Å². The number of carbonyl (C=O) groups excluding carboxylic acids is 1. The van der Waals surface area contributed by atoms with E-state index < -0.39 is 0 Å². The number of H-pyrrole nitrogens is 1. The van der Waals surface area contributed by atoms with Crippen molar-refractivity contribution in [3.05, 3.63) is 76.5 Å². The zero-order valence-corrected chi connectivity index (χ0v) is 22.8. The maximum atomic E-state index is 13.1. The van der Waals surface area contributed by atoms with Crippen molar-refractivity contribution in [3.8, 4) is 22.8 Å². The summed E-state index contributed by atoms with van der Waals surface area (Å²) < 4.78 is 2.01. The number of piperazine rings is 1. The van der Waals surface area contributed by atoms with E-state index in [9.17, 15) is 4.79 Å². The van der Waals surface area contributed by atoms with E-state index in [2.05, 4.69) is 46.0 Å². The van der Waals surface area contributed by atoms with Crippen LogP contribution < -0.4 is 10.2 Å². The molecule has 37 heavy (non-hydrogen) atoms. The third kappa shape index (κ3) is 5.12. The maximum Gasteiger partial charge on any atom is 0.257 e. The van der Waals surface area contributed by atoms with Gasteiger partial charge in [0.25, 0.3) is 5.91 Å². The Hall–Kier alpha value is -3.26. The van der Waals surface area contributed by atoms with E-state index in [0.29, 0.717) is 44.8 Å². The van der Waals surface area contributed by atoms with Crippen molar-refractivity contribution in [3.63, 3.8) is 0 Å². The lowest BCUT2D eigenvalue weighted by Crippen LogP contribution is -2.55. The molecule has 2 atom stereocenters. The van der Waals surface area contributed by atoms with Crippen LogP contribution >= 0.6 is 23.2 Å². The first-order chi connectivity index (χ1) is 17.7. The zero-order chi connectivity index (χ0) is 26.3. The number of carbonyl (C=O) groups is 1. The maximum absolute atomic E-state index is 13.1. The van der Waals surface area contributed by atoms with Gasteiger partial charge in [-0.05, 0) is 69.4 Å². The molecular weight excluding hydrogens is 507 g/mol. The number of benzene rings is 2. The van der Waals surface area contributed by atoms with Crippen LogP contribution in [0.1, 0.15) is 24.2 Å². The highest BCUT2D eigenvalue weighted by Crippen LogP contribution is 2.32. The Morgan fingerprint density at radius 1 is 1.03 bits per heavy atom. The van der Waals surface area contributed by atoms with E-state index in [0.717, 1.165) is 30.2 Å². The predicted molar refractivity (Wildman–Crippen MR) is 152 cm³/mol. The van der Waals surface area contributed by atoms with Gasteiger partial charge in [-0.3, -0.25) is 9.69 Å². The third-order valence-electron chi connectivity index (χ3n) is 7.20. The van der Waals surface area contributed by atoms with Gasteiger partial charge in [0.2, 0.25) is 0 Å². The van der Waals surface area contributed by atoms with Crippen LogP contribution in [0.2, 0.25) is 10.0 Å². The Balaban J connectivity index is 1.34. The molecule has 5 rings (SSSR count). The molecule has 0 radical (unpaired) electrons. The smallest absolute Gasteiger partial charge is 0.257 e. The Labute approximate surface area is 227 Å². The summed E-state index contributed by atoms with van der Waals surface area (Å²) in [6, 6.07) is 15.8. The summed E-state index contributed by atoms with van der Waals surface area (Å²) in [5.41, 5.74) is 4.62. The predicted octanol–water partition coefficient (Wildman–Crippen LogP) is 6.17. The number of amides is 1. The first-order valence-electron chi connectivity index (χ1n) is 12.3. The molecule has 9 heteroatoms. The minimum absolute atomic E-state index is 0.283. The van der Waals surface area contributed by atoms with Gasteiger partial charge in [-0.2, -0.15) is 0 Å². The second-order valence-corrected chi connectivity index (χ2v) is 10.5. The van der Waals surface area contributed by atoms with E-state index >= 15 is 0 Å². The number of imidazole rings is 1. The molecule has 4 aromatic rings. The molecule has 0 bridgehead atoms. The molecular formula is C28H30Cl2N6O. The lowest BCUT2D eigenvalue weighted by molar-refractivity contribution is 0.102. The third-order valence-corrected chi connectivity index (χ3v) is 7.84. The fourth-order valence-corrected chi connectivity index (χ4v) is 5.28. The summed E-state index contributed by atoms with van der Waals surface area (Å²) in [5.74, 6) is 0.337. The highest BCUT2D eigenvalue weighted by molar-refractivity contribution is 6.35. The Morgan fingerprint density at radius 3 is 2.46 bits per heavy atom. The van der Waals surface area contributed by atoms with E-state index in [-0.39, 0.29) is 5.91 Å². The number of aromatic amines is 1. The molecule has 1 amide bonds. The van der Waals surface area contributed by atoms with Crippen LogP contribution in [0, 0.1) is 0 Å². The second-order valence-electron chi connectivity index (χ2n) is 9.73. The van der Waals surface area contributed by atoms with Gasteiger partial charge in [0, 0.05) is 55.4 Å².